The van der Waals surface area contributed by atoms with Gasteiger partial charge in [0.05, 0.1) is 11.0 Å². The van der Waals surface area contributed by atoms with Gasteiger partial charge in [-0.25, -0.2) is 0 Å². The van der Waals surface area contributed by atoms with E-state index < -0.39 is 5.79 Å². The van der Waals surface area contributed by atoms with Crippen molar-refractivity contribution in [2.24, 2.45) is 11.3 Å². The molecule has 2 saturated carbocycles. The minimum atomic E-state index is -0.632. The second-order valence-corrected chi connectivity index (χ2v) is 6.60. The summed E-state index contributed by atoms with van der Waals surface area (Å²) in [6.45, 7) is 1.96. The maximum Gasteiger partial charge on any atom is 0.317 e. The molecule has 3 heteroatoms. The van der Waals surface area contributed by atoms with Crippen molar-refractivity contribution in [1.29, 1.82) is 0 Å². The van der Waals surface area contributed by atoms with Gasteiger partial charge in [0.2, 0.25) is 5.79 Å². The van der Waals surface area contributed by atoms with Gasteiger partial charge in [-0.2, -0.15) is 0 Å². The van der Waals surface area contributed by atoms with Crippen LogP contribution in [0.3, 0.4) is 0 Å². The van der Waals surface area contributed by atoms with Gasteiger partial charge in [0.25, 0.3) is 0 Å². The van der Waals surface area contributed by atoms with Crippen LogP contribution in [0.5, 0.6) is 0 Å². The summed E-state index contributed by atoms with van der Waals surface area (Å²) in [5.41, 5.74) is -0.411. The molecule has 4 rings (SSSR count). The lowest BCUT2D eigenvalue weighted by molar-refractivity contribution is -0.383. The van der Waals surface area contributed by atoms with Crippen molar-refractivity contribution in [1.82, 2.24) is 0 Å². The molecule has 4 aliphatic rings. The molecule has 0 unspecified atom stereocenters. The summed E-state index contributed by atoms with van der Waals surface area (Å²) < 4.78 is 12.1. The molecule has 4 fully saturated rings. The normalized spacial score (nSPS) is 56.3. The number of esters is 1. The highest BCUT2D eigenvalue weighted by Gasteiger charge is 2.76. The van der Waals surface area contributed by atoms with E-state index in [-0.39, 0.29) is 17.0 Å². The van der Waals surface area contributed by atoms with Crippen molar-refractivity contribution in [3.63, 3.8) is 0 Å². The van der Waals surface area contributed by atoms with Gasteiger partial charge in [-0.05, 0) is 38.0 Å². The first-order valence-electron chi connectivity index (χ1n) is 7.04. The van der Waals surface area contributed by atoms with E-state index in [4.69, 9.17) is 9.47 Å². The molecule has 0 radical (unpaired) electrons. The quantitative estimate of drug-likeness (QED) is 0.607. The van der Waals surface area contributed by atoms with Gasteiger partial charge in [-0.3, -0.25) is 4.79 Å². The molecule has 0 aromatic rings. The van der Waals surface area contributed by atoms with Crippen LogP contribution in [0.15, 0.2) is 0 Å². The Morgan fingerprint density at radius 2 is 2.00 bits per heavy atom. The fourth-order valence-corrected chi connectivity index (χ4v) is 4.99. The van der Waals surface area contributed by atoms with Crippen LogP contribution in [0, 0.1) is 11.3 Å². The molecular weight excluding hydrogens is 216 g/mol. The molecule has 94 valence electrons. The molecule has 1 spiro atoms. The van der Waals surface area contributed by atoms with Crippen LogP contribution in [-0.4, -0.2) is 17.4 Å². The summed E-state index contributed by atoms with van der Waals surface area (Å²) in [5, 5.41) is 0. The molecule has 2 aliphatic heterocycles. The minimum Gasteiger partial charge on any atom is -0.433 e. The van der Waals surface area contributed by atoms with Gasteiger partial charge in [0.1, 0.15) is 0 Å². The highest BCUT2D eigenvalue weighted by molar-refractivity contribution is 5.82. The second kappa shape index (κ2) is 2.87. The topological polar surface area (TPSA) is 35.5 Å². The first-order valence-corrected chi connectivity index (χ1v) is 7.04. The second-order valence-electron chi connectivity index (χ2n) is 6.60. The Labute approximate surface area is 102 Å². The van der Waals surface area contributed by atoms with Crippen molar-refractivity contribution in [3.8, 4) is 0 Å². The predicted molar refractivity (Wildman–Crippen MR) is 61.2 cm³/mol. The van der Waals surface area contributed by atoms with Gasteiger partial charge >= 0.3 is 5.97 Å². The number of ether oxygens (including phenoxy) is 2. The third-order valence-electron chi connectivity index (χ3n) is 5.75. The Morgan fingerprint density at radius 1 is 1.18 bits per heavy atom. The van der Waals surface area contributed by atoms with E-state index in [1.165, 1.54) is 12.8 Å². The van der Waals surface area contributed by atoms with Gasteiger partial charge in [-0.1, -0.05) is 12.8 Å². The minimum absolute atomic E-state index is 0.0455. The lowest BCUT2D eigenvalue weighted by Crippen LogP contribution is -2.75. The molecule has 0 N–H and O–H groups in total. The van der Waals surface area contributed by atoms with Crippen molar-refractivity contribution in [3.05, 3.63) is 0 Å². The van der Waals surface area contributed by atoms with Crippen LogP contribution in [0.2, 0.25) is 0 Å². The van der Waals surface area contributed by atoms with Crippen LogP contribution < -0.4 is 0 Å². The predicted octanol–water partition coefficient (Wildman–Crippen LogP) is 2.78. The highest BCUT2D eigenvalue weighted by Crippen LogP contribution is 2.69. The first kappa shape index (κ1) is 10.4. The molecule has 0 amide bonds. The van der Waals surface area contributed by atoms with Crippen LogP contribution in [0.4, 0.5) is 0 Å². The van der Waals surface area contributed by atoms with Crippen LogP contribution in [0.25, 0.3) is 0 Å². The summed E-state index contributed by atoms with van der Waals surface area (Å²) in [5.74, 6) is 0.0224. The molecule has 3 nitrogen and oxygen atoms in total. The number of fused-ring (bicyclic) bond motifs is 1. The van der Waals surface area contributed by atoms with E-state index in [1.54, 1.807) is 0 Å². The maximum atomic E-state index is 12.5. The molecule has 0 aromatic heterocycles. The Morgan fingerprint density at radius 3 is 2.88 bits per heavy atom. The van der Waals surface area contributed by atoms with Crippen LogP contribution >= 0.6 is 0 Å². The standard InChI is InChI=1S/C14H20O3/c1-12-6-4-5-10-9-13(11(15)16-12)7-2-3-8-14(10,13)17-12/h10H,2-9H2,1H3/t10-,12+,13-,14-/m1/s1. The third-order valence-corrected chi connectivity index (χ3v) is 5.75. The zero-order valence-electron chi connectivity index (χ0n) is 10.5. The molecule has 2 heterocycles. The summed E-state index contributed by atoms with van der Waals surface area (Å²) in [6.07, 6.45) is 8.65. The van der Waals surface area contributed by atoms with Crippen molar-refractivity contribution in [2.45, 2.75) is 69.7 Å². The number of hydrogen-bond acceptors (Lipinski definition) is 3. The summed E-state index contributed by atoms with van der Waals surface area (Å²) in [6, 6.07) is 0. The van der Waals surface area contributed by atoms with Crippen LogP contribution in [-0.2, 0) is 14.3 Å². The van der Waals surface area contributed by atoms with Crippen LogP contribution in [0.1, 0.15) is 58.3 Å². The van der Waals surface area contributed by atoms with Crippen molar-refractivity contribution in [2.75, 3.05) is 0 Å². The Hall–Kier alpha value is -0.570. The first-order chi connectivity index (χ1) is 8.10. The summed E-state index contributed by atoms with van der Waals surface area (Å²) >= 11 is 0. The average Bonchev–Trinajstić information content (AvgIpc) is 2.32. The van der Waals surface area contributed by atoms with E-state index in [0.29, 0.717) is 5.92 Å². The van der Waals surface area contributed by atoms with E-state index in [9.17, 15) is 4.79 Å². The summed E-state index contributed by atoms with van der Waals surface area (Å²) in [7, 11) is 0. The van der Waals surface area contributed by atoms with Crippen molar-refractivity contribution >= 4 is 5.97 Å². The monoisotopic (exact) mass is 236 g/mol. The molecule has 2 bridgehead atoms. The molecule has 4 atom stereocenters. The lowest BCUT2D eigenvalue weighted by Gasteiger charge is -2.67. The third kappa shape index (κ3) is 1.01. The van der Waals surface area contributed by atoms with Gasteiger partial charge in [-0.15, -0.1) is 0 Å². The number of carbonyl (C=O) groups excluding carboxylic acids is 1. The number of rotatable bonds is 0. The maximum absolute atomic E-state index is 12.5. The van der Waals surface area contributed by atoms with E-state index >= 15 is 0 Å². The van der Waals surface area contributed by atoms with Gasteiger partial charge < -0.3 is 9.47 Å². The fourth-order valence-electron chi connectivity index (χ4n) is 4.99. The van der Waals surface area contributed by atoms with Gasteiger partial charge in [0.15, 0.2) is 0 Å². The van der Waals surface area contributed by atoms with E-state index in [0.717, 1.165) is 38.5 Å². The Bertz CT molecular complexity index is 393. The smallest absolute Gasteiger partial charge is 0.317 e. The van der Waals surface area contributed by atoms with Crippen molar-refractivity contribution < 1.29 is 14.3 Å². The highest BCUT2D eigenvalue weighted by atomic mass is 16.7. The zero-order chi connectivity index (χ0) is 11.7. The lowest BCUT2D eigenvalue weighted by atomic mass is 9.44. The van der Waals surface area contributed by atoms with E-state index in [2.05, 4.69) is 0 Å². The summed E-state index contributed by atoms with van der Waals surface area (Å²) in [4.78, 5) is 12.5. The SMILES string of the molecule is C[C@@]12CCC[C@@H]3C[C@]4(CCCC[C@@]34O1)C(=O)O2. The number of carbonyl (C=O) groups is 1. The molecule has 2 saturated heterocycles. The molecule has 17 heavy (non-hydrogen) atoms. The number of hydrogen-bond donors (Lipinski definition) is 0. The largest absolute Gasteiger partial charge is 0.433 e. The zero-order valence-corrected chi connectivity index (χ0v) is 10.5. The Kier molecular flexibility index (Phi) is 1.75. The molecule has 0 aromatic carbocycles. The molecule has 2 aliphatic carbocycles. The van der Waals surface area contributed by atoms with Gasteiger partial charge in [0, 0.05) is 13.3 Å². The van der Waals surface area contributed by atoms with E-state index in [1.807, 2.05) is 6.92 Å². The Balaban J connectivity index is 1.84. The fraction of sp³-hybridized carbons (Fsp3) is 0.929. The molecular formula is C14H20O3. The average molecular weight is 236 g/mol.